The molecule has 1 aliphatic heterocycles. The summed E-state index contributed by atoms with van der Waals surface area (Å²) in [6, 6.07) is 3.24. The average molecular weight is 378 g/mol. The molecule has 0 bridgehead atoms. The molecule has 5 nitrogen and oxygen atoms in total. The molecule has 18 heavy (non-hydrogen) atoms. The molecule has 1 saturated heterocycles. The van der Waals surface area contributed by atoms with Gasteiger partial charge in [-0.15, -0.1) is 0 Å². The zero-order valence-corrected chi connectivity index (χ0v) is 12.4. The van der Waals surface area contributed by atoms with Crippen LogP contribution in [0.2, 0.25) is 0 Å². The molecule has 0 radical (unpaired) electrons. The van der Waals surface area contributed by atoms with Crippen LogP contribution in [-0.2, 0) is 4.79 Å². The fourth-order valence-corrected chi connectivity index (χ4v) is 2.66. The molecule has 1 amide bonds. The molecule has 0 saturated carbocycles. The highest BCUT2D eigenvalue weighted by Crippen LogP contribution is 2.26. The predicted molar refractivity (Wildman–Crippen MR) is 73.2 cm³/mol. The van der Waals surface area contributed by atoms with Crippen molar-refractivity contribution >= 4 is 49.6 Å². The maximum atomic E-state index is 11.8. The Balaban J connectivity index is 2.32. The van der Waals surface area contributed by atoms with Crippen molar-refractivity contribution in [2.45, 2.75) is 6.42 Å². The first kappa shape index (κ1) is 13.5. The lowest BCUT2D eigenvalue weighted by molar-refractivity contribution is -0.117. The summed E-state index contributed by atoms with van der Waals surface area (Å²) in [6.07, 6.45) is 0.464. The molecule has 1 aromatic rings. The summed E-state index contributed by atoms with van der Waals surface area (Å²) in [7, 11) is 0. The topological polar surface area (TPSA) is 70.5 Å². The van der Waals surface area contributed by atoms with E-state index in [2.05, 4.69) is 36.8 Å². The van der Waals surface area contributed by atoms with Gasteiger partial charge in [0.25, 0.3) is 0 Å². The molecule has 1 aliphatic rings. The molecule has 2 rings (SSSR count). The number of halogens is 2. The third-order valence-corrected chi connectivity index (χ3v) is 4.29. The summed E-state index contributed by atoms with van der Waals surface area (Å²) in [6.45, 7) is 0.567. The van der Waals surface area contributed by atoms with Crippen LogP contribution in [0.1, 0.15) is 16.9 Å². The van der Waals surface area contributed by atoms with Gasteiger partial charge < -0.3 is 5.11 Å². The van der Waals surface area contributed by atoms with Gasteiger partial charge in [0.1, 0.15) is 5.82 Å². The number of carboxylic acid groups (broad SMARTS) is 1. The van der Waals surface area contributed by atoms with E-state index in [-0.39, 0.29) is 17.5 Å². The maximum Gasteiger partial charge on any atom is 0.355 e. The fraction of sp³-hybridized carbons (Fsp3) is 0.364. The minimum Gasteiger partial charge on any atom is -0.476 e. The molecule has 1 fully saturated rings. The van der Waals surface area contributed by atoms with Crippen LogP contribution in [-0.4, -0.2) is 33.8 Å². The van der Waals surface area contributed by atoms with E-state index >= 15 is 0 Å². The quantitative estimate of drug-likeness (QED) is 0.820. The monoisotopic (exact) mass is 376 g/mol. The smallest absolute Gasteiger partial charge is 0.355 e. The summed E-state index contributed by atoms with van der Waals surface area (Å²) in [4.78, 5) is 28.4. The van der Waals surface area contributed by atoms with E-state index in [1.165, 1.54) is 4.90 Å². The van der Waals surface area contributed by atoms with Crippen LogP contribution in [0.4, 0.5) is 5.82 Å². The number of carboxylic acids is 1. The predicted octanol–water partition coefficient (Wildman–Crippen LogP) is 2.29. The number of carbonyl (C=O) groups excluding carboxylic acids is 1. The van der Waals surface area contributed by atoms with Gasteiger partial charge in [-0.3, -0.25) is 9.69 Å². The molecule has 96 valence electrons. The van der Waals surface area contributed by atoms with Crippen molar-refractivity contribution in [2.24, 2.45) is 5.92 Å². The van der Waals surface area contributed by atoms with E-state index in [1.807, 2.05) is 0 Å². The van der Waals surface area contributed by atoms with Crippen LogP contribution in [0, 0.1) is 5.92 Å². The Bertz CT molecular complexity index is 507. The van der Waals surface area contributed by atoms with E-state index in [4.69, 9.17) is 5.11 Å². The lowest BCUT2D eigenvalue weighted by atomic mass is 10.2. The second-order valence-corrected chi connectivity index (χ2v) is 5.54. The second kappa shape index (κ2) is 5.36. The lowest BCUT2D eigenvalue weighted by Crippen LogP contribution is -2.26. The Morgan fingerprint density at radius 2 is 2.28 bits per heavy atom. The summed E-state index contributed by atoms with van der Waals surface area (Å²) in [5, 5.41) is 9.74. The van der Waals surface area contributed by atoms with E-state index in [0.717, 1.165) is 5.33 Å². The van der Waals surface area contributed by atoms with Crippen LogP contribution in [0.5, 0.6) is 0 Å². The Labute approximate surface area is 120 Å². The van der Waals surface area contributed by atoms with Crippen molar-refractivity contribution in [1.29, 1.82) is 0 Å². The molecule has 0 spiro atoms. The highest BCUT2D eigenvalue weighted by Gasteiger charge is 2.31. The van der Waals surface area contributed by atoms with E-state index in [9.17, 15) is 9.59 Å². The number of hydrogen-bond donors (Lipinski definition) is 1. The first-order valence-corrected chi connectivity index (χ1v) is 7.20. The standard InChI is InChI=1S/C11H10Br2N2O3/c12-4-6-3-9(16)15(5-6)8-2-1-7(13)10(14-8)11(17)18/h1-2,6H,3-5H2,(H,17,18). The van der Waals surface area contributed by atoms with Crippen molar-refractivity contribution in [3.05, 3.63) is 22.3 Å². The van der Waals surface area contributed by atoms with Crippen LogP contribution < -0.4 is 4.90 Å². The SMILES string of the molecule is O=C(O)c1nc(N2CC(CBr)CC2=O)ccc1Br. The van der Waals surface area contributed by atoms with Gasteiger partial charge in [0.05, 0.1) is 4.47 Å². The van der Waals surface area contributed by atoms with Gasteiger partial charge >= 0.3 is 5.97 Å². The average Bonchev–Trinajstić information content (AvgIpc) is 2.71. The van der Waals surface area contributed by atoms with Crippen LogP contribution in [0.15, 0.2) is 16.6 Å². The minimum atomic E-state index is -1.12. The Morgan fingerprint density at radius 1 is 1.56 bits per heavy atom. The van der Waals surface area contributed by atoms with Gasteiger partial charge in [-0.2, -0.15) is 0 Å². The highest BCUT2D eigenvalue weighted by molar-refractivity contribution is 9.10. The Hall–Kier alpha value is -0.950. The van der Waals surface area contributed by atoms with Crippen LogP contribution in [0.3, 0.4) is 0 Å². The molecular formula is C11H10Br2N2O3. The van der Waals surface area contributed by atoms with E-state index < -0.39 is 5.97 Å². The molecule has 1 N–H and O–H groups in total. The van der Waals surface area contributed by atoms with Crippen LogP contribution >= 0.6 is 31.9 Å². The van der Waals surface area contributed by atoms with Crippen molar-refractivity contribution in [2.75, 3.05) is 16.8 Å². The van der Waals surface area contributed by atoms with Gasteiger partial charge in [-0.1, -0.05) is 15.9 Å². The van der Waals surface area contributed by atoms with Gasteiger partial charge in [-0.25, -0.2) is 9.78 Å². The van der Waals surface area contributed by atoms with Gasteiger partial charge in [0.2, 0.25) is 5.91 Å². The third-order valence-electron chi connectivity index (χ3n) is 2.73. The molecule has 7 heteroatoms. The lowest BCUT2D eigenvalue weighted by Gasteiger charge is -2.15. The number of nitrogens with zero attached hydrogens (tertiary/aromatic N) is 2. The number of anilines is 1. The molecule has 1 atom stereocenters. The molecule has 0 aliphatic carbocycles. The van der Waals surface area contributed by atoms with Crippen molar-refractivity contribution in [3.8, 4) is 0 Å². The molecule has 1 unspecified atom stereocenters. The van der Waals surface area contributed by atoms with E-state index in [0.29, 0.717) is 23.3 Å². The largest absolute Gasteiger partial charge is 0.476 e. The maximum absolute atomic E-state index is 11.8. The second-order valence-electron chi connectivity index (χ2n) is 4.03. The number of pyridine rings is 1. The summed E-state index contributed by atoms with van der Waals surface area (Å²) < 4.78 is 0.405. The number of carbonyl (C=O) groups is 2. The number of alkyl halides is 1. The molecule has 1 aromatic heterocycles. The van der Waals surface area contributed by atoms with Crippen molar-refractivity contribution in [1.82, 2.24) is 4.98 Å². The Morgan fingerprint density at radius 3 is 2.83 bits per heavy atom. The Kier molecular flexibility index (Phi) is 4.01. The summed E-state index contributed by atoms with van der Waals surface area (Å²) >= 11 is 6.48. The number of rotatable bonds is 3. The number of amides is 1. The number of hydrogen-bond acceptors (Lipinski definition) is 3. The highest BCUT2D eigenvalue weighted by atomic mass is 79.9. The van der Waals surface area contributed by atoms with Gasteiger partial charge in [0.15, 0.2) is 5.69 Å². The molecule has 2 heterocycles. The van der Waals surface area contributed by atoms with Crippen molar-refractivity contribution in [3.63, 3.8) is 0 Å². The first-order valence-electron chi connectivity index (χ1n) is 5.29. The molecule has 0 aromatic carbocycles. The zero-order chi connectivity index (χ0) is 13.3. The van der Waals surface area contributed by atoms with Gasteiger partial charge in [-0.05, 0) is 34.0 Å². The zero-order valence-electron chi connectivity index (χ0n) is 9.27. The number of aromatic carboxylic acids is 1. The minimum absolute atomic E-state index is 0.0226. The first-order chi connectivity index (χ1) is 8.52. The normalized spacial score (nSPS) is 19.3. The van der Waals surface area contributed by atoms with Gasteiger partial charge in [0, 0.05) is 18.3 Å². The number of aromatic nitrogens is 1. The molecular weight excluding hydrogens is 368 g/mol. The van der Waals surface area contributed by atoms with E-state index in [1.54, 1.807) is 12.1 Å². The summed E-state index contributed by atoms with van der Waals surface area (Å²) in [5.74, 6) is -0.502. The summed E-state index contributed by atoms with van der Waals surface area (Å²) in [5.41, 5.74) is -0.0809. The third kappa shape index (κ3) is 2.56. The van der Waals surface area contributed by atoms with Crippen molar-refractivity contribution < 1.29 is 14.7 Å². The fourth-order valence-electron chi connectivity index (χ4n) is 1.84. The van der Waals surface area contributed by atoms with Crippen LogP contribution in [0.25, 0.3) is 0 Å².